The maximum Gasteiger partial charge on any atom is 0.105 e. The highest BCUT2D eigenvalue weighted by molar-refractivity contribution is 7.99. The molecule has 0 radical (unpaired) electrons. The maximum atomic E-state index is 9.24. The molecule has 1 aliphatic rings. The normalized spacial score (nSPS) is 21.1. The molecule has 0 aromatic rings. The Morgan fingerprint density at radius 2 is 2.31 bits per heavy atom. The number of ether oxygens (including phenoxy) is 1. The number of nitrogens with zero attached hydrogens (tertiary/aromatic N) is 1. The molecule has 1 rings (SSSR count). The van der Waals surface area contributed by atoms with Crippen molar-refractivity contribution in [3.8, 4) is 6.07 Å². The molecule has 1 saturated carbocycles. The van der Waals surface area contributed by atoms with E-state index in [-0.39, 0.29) is 5.54 Å². The number of thioether (sulfide) groups is 1. The second-order valence-electron chi connectivity index (χ2n) is 4.74. The van der Waals surface area contributed by atoms with E-state index >= 15 is 0 Å². The van der Waals surface area contributed by atoms with Crippen molar-refractivity contribution in [3.63, 3.8) is 0 Å². The van der Waals surface area contributed by atoms with Gasteiger partial charge in [0.2, 0.25) is 0 Å². The first-order chi connectivity index (χ1) is 7.59. The van der Waals surface area contributed by atoms with E-state index in [1.54, 1.807) is 7.11 Å². The molecule has 0 amide bonds. The van der Waals surface area contributed by atoms with Gasteiger partial charge in [-0.25, -0.2) is 0 Å². The van der Waals surface area contributed by atoms with Crippen LogP contribution in [0, 0.1) is 11.3 Å². The van der Waals surface area contributed by atoms with Crippen LogP contribution in [0.4, 0.5) is 0 Å². The Balaban J connectivity index is 2.27. The third-order valence-corrected chi connectivity index (χ3v) is 3.87. The average molecular weight is 242 g/mol. The third-order valence-electron chi connectivity index (χ3n) is 2.73. The van der Waals surface area contributed by atoms with E-state index in [1.807, 2.05) is 18.7 Å². The third kappa shape index (κ3) is 5.20. The predicted molar refractivity (Wildman–Crippen MR) is 68.6 cm³/mol. The summed E-state index contributed by atoms with van der Waals surface area (Å²) >= 11 is 1.87. The summed E-state index contributed by atoms with van der Waals surface area (Å²) in [6, 6.07) is 3.00. The smallest absolute Gasteiger partial charge is 0.105 e. The van der Waals surface area contributed by atoms with Crippen molar-refractivity contribution in [2.75, 3.05) is 19.5 Å². The molecule has 1 aliphatic carbocycles. The molecule has 0 aliphatic heterocycles. The van der Waals surface area contributed by atoms with E-state index in [1.165, 1.54) is 12.8 Å². The molecule has 0 saturated heterocycles. The topological polar surface area (TPSA) is 45.0 Å². The molecule has 2 atom stereocenters. The minimum atomic E-state index is -0.360. The van der Waals surface area contributed by atoms with Gasteiger partial charge in [0.1, 0.15) is 5.54 Å². The summed E-state index contributed by atoms with van der Waals surface area (Å²) in [6.07, 6.45) is 3.35. The molecule has 3 nitrogen and oxygen atoms in total. The van der Waals surface area contributed by atoms with E-state index in [0.29, 0.717) is 11.3 Å². The highest BCUT2D eigenvalue weighted by Gasteiger charge is 2.33. The molecule has 1 fully saturated rings. The first kappa shape index (κ1) is 13.8. The standard InChI is InChI=1S/C12H22N2OS/c1-10(16-7-6-15-3)8-12(2,9-13)14-11-4-5-11/h10-11,14H,4-8H2,1-3H3. The molecule has 0 spiro atoms. The van der Waals surface area contributed by atoms with E-state index in [4.69, 9.17) is 4.74 Å². The fourth-order valence-electron chi connectivity index (χ4n) is 1.78. The van der Waals surface area contributed by atoms with Crippen molar-refractivity contribution >= 4 is 11.8 Å². The van der Waals surface area contributed by atoms with Crippen LogP contribution in [0.2, 0.25) is 0 Å². The van der Waals surface area contributed by atoms with Crippen LogP contribution in [-0.4, -0.2) is 36.3 Å². The Kier molecular flexibility index (Phi) is 5.60. The Labute approximate surface area is 103 Å². The summed E-state index contributed by atoms with van der Waals surface area (Å²) in [7, 11) is 1.72. The van der Waals surface area contributed by atoms with Gasteiger partial charge in [-0.15, -0.1) is 0 Å². The lowest BCUT2D eigenvalue weighted by Gasteiger charge is -2.26. The second-order valence-corrected chi connectivity index (χ2v) is 6.29. The van der Waals surface area contributed by atoms with Gasteiger partial charge < -0.3 is 4.74 Å². The van der Waals surface area contributed by atoms with Gasteiger partial charge in [0, 0.05) is 24.2 Å². The van der Waals surface area contributed by atoms with Gasteiger partial charge in [-0.2, -0.15) is 17.0 Å². The van der Waals surface area contributed by atoms with E-state index in [0.717, 1.165) is 18.8 Å². The van der Waals surface area contributed by atoms with Gasteiger partial charge >= 0.3 is 0 Å². The molecule has 4 heteroatoms. The Hall–Kier alpha value is -0.240. The lowest BCUT2D eigenvalue weighted by Crippen LogP contribution is -2.44. The van der Waals surface area contributed by atoms with E-state index < -0.39 is 0 Å². The molecule has 0 aromatic carbocycles. The number of hydrogen-bond donors (Lipinski definition) is 1. The quantitative estimate of drug-likeness (QED) is 0.663. The summed E-state index contributed by atoms with van der Waals surface area (Å²) in [4.78, 5) is 0. The van der Waals surface area contributed by atoms with Gasteiger partial charge in [-0.3, -0.25) is 5.32 Å². The number of nitriles is 1. The van der Waals surface area contributed by atoms with Crippen molar-refractivity contribution in [3.05, 3.63) is 0 Å². The van der Waals surface area contributed by atoms with Crippen LogP contribution in [0.1, 0.15) is 33.1 Å². The first-order valence-corrected chi connectivity index (χ1v) is 6.94. The molecule has 92 valence electrons. The molecule has 0 bridgehead atoms. The molecule has 0 aromatic heterocycles. The van der Waals surface area contributed by atoms with Crippen LogP contribution in [-0.2, 0) is 4.74 Å². The molecule has 1 N–H and O–H groups in total. The minimum absolute atomic E-state index is 0.360. The van der Waals surface area contributed by atoms with Crippen molar-refractivity contribution in [2.45, 2.75) is 49.9 Å². The van der Waals surface area contributed by atoms with E-state index in [2.05, 4.69) is 18.3 Å². The van der Waals surface area contributed by atoms with E-state index in [9.17, 15) is 5.26 Å². The summed E-state index contributed by atoms with van der Waals surface area (Å²) in [5.41, 5.74) is -0.360. The largest absolute Gasteiger partial charge is 0.384 e. The van der Waals surface area contributed by atoms with Crippen molar-refractivity contribution in [1.82, 2.24) is 5.32 Å². The Morgan fingerprint density at radius 3 is 2.81 bits per heavy atom. The molecule has 16 heavy (non-hydrogen) atoms. The second kappa shape index (κ2) is 6.48. The van der Waals surface area contributed by atoms with Crippen LogP contribution >= 0.6 is 11.8 Å². The first-order valence-electron chi connectivity index (χ1n) is 5.89. The minimum Gasteiger partial charge on any atom is -0.384 e. The van der Waals surface area contributed by atoms with Crippen LogP contribution in [0.25, 0.3) is 0 Å². The van der Waals surface area contributed by atoms with Crippen LogP contribution < -0.4 is 5.32 Å². The summed E-state index contributed by atoms with van der Waals surface area (Å²) in [5, 5.41) is 13.2. The predicted octanol–water partition coefficient (Wildman–Crippen LogP) is 2.18. The fraction of sp³-hybridized carbons (Fsp3) is 0.917. The van der Waals surface area contributed by atoms with Crippen molar-refractivity contribution < 1.29 is 4.74 Å². The van der Waals surface area contributed by atoms with Gasteiger partial charge in [0.25, 0.3) is 0 Å². The highest BCUT2D eigenvalue weighted by atomic mass is 32.2. The van der Waals surface area contributed by atoms with Crippen LogP contribution in [0.3, 0.4) is 0 Å². The Bertz CT molecular complexity index is 250. The zero-order valence-electron chi connectivity index (χ0n) is 10.5. The van der Waals surface area contributed by atoms with Gasteiger partial charge in [0.05, 0.1) is 12.7 Å². The average Bonchev–Trinajstić information content (AvgIpc) is 3.02. The molecular weight excluding hydrogens is 220 g/mol. The zero-order chi connectivity index (χ0) is 12.0. The summed E-state index contributed by atoms with van der Waals surface area (Å²) in [6.45, 7) is 4.98. The number of methoxy groups -OCH3 is 1. The number of rotatable bonds is 8. The maximum absolute atomic E-state index is 9.24. The summed E-state index contributed by atoms with van der Waals surface area (Å²) < 4.78 is 5.02. The SMILES string of the molecule is COCCSC(C)CC(C)(C#N)NC1CC1. The Morgan fingerprint density at radius 1 is 1.62 bits per heavy atom. The number of hydrogen-bond acceptors (Lipinski definition) is 4. The fourth-order valence-corrected chi connectivity index (χ4v) is 2.90. The molecule has 0 heterocycles. The van der Waals surface area contributed by atoms with Gasteiger partial charge in [-0.05, 0) is 26.2 Å². The summed E-state index contributed by atoms with van der Waals surface area (Å²) in [5.74, 6) is 1.00. The zero-order valence-corrected chi connectivity index (χ0v) is 11.3. The lowest BCUT2D eigenvalue weighted by atomic mass is 9.98. The monoisotopic (exact) mass is 242 g/mol. The lowest BCUT2D eigenvalue weighted by molar-refractivity contribution is 0.218. The van der Waals surface area contributed by atoms with Crippen LogP contribution in [0.15, 0.2) is 0 Å². The van der Waals surface area contributed by atoms with Gasteiger partial charge in [0.15, 0.2) is 0 Å². The van der Waals surface area contributed by atoms with Crippen molar-refractivity contribution in [2.24, 2.45) is 0 Å². The van der Waals surface area contributed by atoms with Gasteiger partial charge in [-0.1, -0.05) is 6.92 Å². The highest BCUT2D eigenvalue weighted by Crippen LogP contribution is 2.27. The van der Waals surface area contributed by atoms with Crippen molar-refractivity contribution in [1.29, 1.82) is 5.26 Å². The molecule has 2 unspecified atom stereocenters. The molecular formula is C12H22N2OS. The van der Waals surface area contributed by atoms with Crippen LogP contribution in [0.5, 0.6) is 0 Å². The number of nitrogens with one attached hydrogen (secondary N) is 1.